The highest BCUT2D eigenvalue weighted by atomic mass is 35.5. The molecule has 0 bridgehead atoms. The Bertz CT molecular complexity index is 165. The summed E-state index contributed by atoms with van der Waals surface area (Å²) < 4.78 is 0. The fourth-order valence-electron chi connectivity index (χ4n) is 1.99. The summed E-state index contributed by atoms with van der Waals surface area (Å²) in [5, 5.41) is 3.06. The number of amides is 1. The van der Waals surface area contributed by atoms with E-state index in [2.05, 4.69) is 5.32 Å². The van der Waals surface area contributed by atoms with Gasteiger partial charge in [0.25, 0.3) is 0 Å². The molecule has 82 valence electrons. The van der Waals surface area contributed by atoms with E-state index in [1.54, 1.807) is 0 Å². The molecule has 1 amide bonds. The van der Waals surface area contributed by atoms with Crippen molar-refractivity contribution in [1.82, 2.24) is 5.32 Å². The van der Waals surface area contributed by atoms with E-state index < -0.39 is 0 Å². The SMILES string of the molecule is O=C(CCCl)NC1CCCCCCC1. The van der Waals surface area contributed by atoms with Crippen molar-refractivity contribution in [2.45, 2.75) is 57.4 Å². The van der Waals surface area contributed by atoms with E-state index in [9.17, 15) is 4.79 Å². The molecule has 0 aromatic rings. The first-order chi connectivity index (χ1) is 6.83. The fraction of sp³-hybridized carbons (Fsp3) is 0.909. The number of hydrogen-bond donors (Lipinski definition) is 1. The van der Waals surface area contributed by atoms with Crippen LogP contribution in [0.15, 0.2) is 0 Å². The molecule has 1 N–H and O–H groups in total. The van der Waals surface area contributed by atoms with E-state index >= 15 is 0 Å². The summed E-state index contributed by atoms with van der Waals surface area (Å²) in [4.78, 5) is 11.3. The largest absolute Gasteiger partial charge is 0.353 e. The van der Waals surface area contributed by atoms with Gasteiger partial charge in [0.05, 0.1) is 0 Å². The third kappa shape index (κ3) is 4.85. The van der Waals surface area contributed by atoms with Crippen molar-refractivity contribution in [2.75, 3.05) is 5.88 Å². The zero-order chi connectivity index (χ0) is 10.2. The molecule has 1 rings (SSSR count). The number of nitrogens with one attached hydrogen (secondary N) is 1. The molecule has 14 heavy (non-hydrogen) atoms. The Balaban J connectivity index is 2.22. The van der Waals surface area contributed by atoms with Gasteiger partial charge in [0.15, 0.2) is 0 Å². The van der Waals surface area contributed by atoms with Gasteiger partial charge < -0.3 is 5.32 Å². The van der Waals surface area contributed by atoms with Crippen LogP contribution in [-0.4, -0.2) is 17.8 Å². The average molecular weight is 218 g/mol. The maximum absolute atomic E-state index is 11.3. The molecule has 3 heteroatoms. The number of hydrogen-bond acceptors (Lipinski definition) is 1. The Labute approximate surface area is 91.4 Å². The second-order valence-electron chi connectivity index (χ2n) is 4.05. The van der Waals surface area contributed by atoms with Gasteiger partial charge in [0, 0.05) is 18.3 Å². The molecule has 1 aliphatic carbocycles. The summed E-state index contributed by atoms with van der Waals surface area (Å²) in [5.41, 5.74) is 0. The Hall–Kier alpha value is -0.240. The van der Waals surface area contributed by atoms with Crippen molar-refractivity contribution in [3.8, 4) is 0 Å². The second-order valence-corrected chi connectivity index (χ2v) is 4.43. The molecule has 1 fully saturated rings. The highest BCUT2D eigenvalue weighted by Gasteiger charge is 2.13. The summed E-state index contributed by atoms with van der Waals surface area (Å²) in [5.74, 6) is 0.545. The summed E-state index contributed by atoms with van der Waals surface area (Å²) >= 11 is 5.51. The normalized spacial score (nSPS) is 19.8. The first-order valence-electron chi connectivity index (χ1n) is 5.68. The average Bonchev–Trinajstić information content (AvgIpc) is 2.10. The predicted octanol–water partition coefficient (Wildman–Crippen LogP) is 2.84. The lowest BCUT2D eigenvalue weighted by atomic mass is 9.97. The molecular weight excluding hydrogens is 198 g/mol. The molecule has 0 saturated heterocycles. The van der Waals surface area contributed by atoms with E-state index in [4.69, 9.17) is 11.6 Å². The van der Waals surface area contributed by atoms with Crippen molar-refractivity contribution >= 4 is 17.5 Å². The van der Waals surface area contributed by atoms with Crippen molar-refractivity contribution in [3.05, 3.63) is 0 Å². The summed E-state index contributed by atoms with van der Waals surface area (Å²) in [6.07, 6.45) is 9.27. The van der Waals surface area contributed by atoms with Crippen LogP contribution in [0.1, 0.15) is 51.4 Å². The number of alkyl halides is 1. The fourth-order valence-corrected chi connectivity index (χ4v) is 2.16. The lowest BCUT2D eigenvalue weighted by molar-refractivity contribution is -0.121. The molecule has 1 aliphatic rings. The molecule has 0 radical (unpaired) electrons. The van der Waals surface area contributed by atoms with Crippen molar-refractivity contribution in [3.63, 3.8) is 0 Å². The summed E-state index contributed by atoms with van der Waals surface area (Å²) in [6, 6.07) is 0.408. The molecule has 0 heterocycles. The number of rotatable bonds is 3. The minimum atomic E-state index is 0.116. The molecule has 0 aromatic carbocycles. The van der Waals surface area contributed by atoms with E-state index in [0.29, 0.717) is 18.3 Å². The van der Waals surface area contributed by atoms with Gasteiger partial charge in [-0.15, -0.1) is 11.6 Å². The van der Waals surface area contributed by atoms with Gasteiger partial charge in [-0.25, -0.2) is 0 Å². The van der Waals surface area contributed by atoms with E-state index in [1.807, 2.05) is 0 Å². The van der Waals surface area contributed by atoms with E-state index in [-0.39, 0.29) is 5.91 Å². The highest BCUT2D eigenvalue weighted by molar-refractivity contribution is 6.18. The van der Waals surface area contributed by atoms with Crippen LogP contribution >= 0.6 is 11.6 Å². The minimum Gasteiger partial charge on any atom is -0.353 e. The Morgan fingerprint density at radius 1 is 1.14 bits per heavy atom. The molecule has 0 unspecified atom stereocenters. The molecule has 0 aliphatic heterocycles. The van der Waals surface area contributed by atoms with Crippen LogP contribution in [0.2, 0.25) is 0 Å². The zero-order valence-corrected chi connectivity index (χ0v) is 9.48. The van der Waals surface area contributed by atoms with Crippen LogP contribution < -0.4 is 5.32 Å². The Morgan fingerprint density at radius 2 is 1.71 bits per heavy atom. The molecule has 2 nitrogen and oxygen atoms in total. The maximum atomic E-state index is 11.3. The quantitative estimate of drug-likeness (QED) is 0.724. The molecule has 1 saturated carbocycles. The monoisotopic (exact) mass is 217 g/mol. The molecule has 0 spiro atoms. The van der Waals surface area contributed by atoms with E-state index in [0.717, 1.165) is 12.8 Å². The standard InChI is InChI=1S/C11H20ClNO/c12-9-8-11(14)13-10-6-4-2-1-3-5-7-10/h10H,1-9H2,(H,13,14). The van der Waals surface area contributed by atoms with Gasteiger partial charge in [-0.1, -0.05) is 32.1 Å². The Morgan fingerprint density at radius 3 is 2.29 bits per heavy atom. The number of halogens is 1. The smallest absolute Gasteiger partial charge is 0.221 e. The Kier molecular flexibility index (Phi) is 6.00. The molecule has 0 atom stereocenters. The third-order valence-corrected chi connectivity index (χ3v) is 2.98. The second kappa shape index (κ2) is 7.10. The maximum Gasteiger partial charge on any atom is 0.221 e. The number of carbonyl (C=O) groups excluding carboxylic acids is 1. The third-order valence-electron chi connectivity index (χ3n) is 2.79. The van der Waals surface area contributed by atoms with Crippen molar-refractivity contribution in [1.29, 1.82) is 0 Å². The van der Waals surface area contributed by atoms with Gasteiger partial charge >= 0.3 is 0 Å². The molecular formula is C11H20ClNO. The van der Waals surface area contributed by atoms with Crippen LogP contribution in [0.5, 0.6) is 0 Å². The van der Waals surface area contributed by atoms with Crippen LogP contribution in [0.3, 0.4) is 0 Å². The van der Waals surface area contributed by atoms with Gasteiger partial charge in [0.2, 0.25) is 5.91 Å². The first-order valence-corrected chi connectivity index (χ1v) is 6.21. The summed E-state index contributed by atoms with van der Waals surface area (Å²) in [6.45, 7) is 0. The van der Waals surface area contributed by atoms with Gasteiger partial charge in [-0.05, 0) is 12.8 Å². The lowest BCUT2D eigenvalue weighted by Gasteiger charge is -2.20. The van der Waals surface area contributed by atoms with E-state index in [1.165, 1.54) is 32.1 Å². The minimum absolute atomic E-state index is 0.116. The number of carbonyl (C=O) groups is 1. The zero-order valence-electron chi connectivity index (χ0n) is 8.73. The van der Waals surface area contributed by atoms with Crippen LogP contribution in [0, 0.1) is 0 Å². The molecule has 0 aromatic heterocycles. The van der Waals surface area contributed by atoms with Crippen LogP contribution in [0.4, 0.5) is 0 Å². The highest BCUT2D eigenvalue weighted by Crippen LogP contribution is 2.17. The van der Waals surface area contributed by atoms with Crippen molar-refractivity contribution in [2.24, 2.45) is 0 Å². The van der Waals surface area contributed by atoms with Crippen molar-refractivity contribution < 1.29 is 4.79 Å². The first kappa shape index (κ1) is 11.8. The van der Waals surface area contributed by atoms with Gasteiger partial charge in [-0.3, -0.25) is 4.79 Å². The van der Waals surface area contributed by atoms with Crippen LogP contribution in [0.25, 0.3) is 0 Å². The topological polar surface area (TPSA) is 29.1 Å². The summed E-state index contributed by atoms with van der Waals surface area (Å²) in [7, 11) is 0. The lowest BCUT2D eigenvalue weighted by Crippen LogP contribution is -2.35. The van der Waals surface area contributed by atoms with Gasteiger partial charge in [-0.2, -0.15) is 0 Å². The predicted molar refractivity (Wildman–Crippen MR) is 59.6 cm³/mol. The van der Waals surface area contributed by atoms with Gasteiger partial charge in [0.1, 0.15) is 0 Å². The van der Waals surface area contributed by atoms with Crippen LogP contribution in [-0.2, 0) is 4.79 Å².